The molecule has 2 aromatic carbocycles. The van der Waals surface area contributed by atoms with Gasteiger partial charge < -0.3 is 15.5 Å². The van der Waals surface area contributed by atoms with E-state index in [2.05, 4.69) is 31.5 Å². The van der Waals surface area contributed by atoms with Crippen molar-refractivity contribution in [2.75, 3.05) is 42.9 Å². The second-order valence-electron chi connectivity index (χ2n) is 9.73. The van der Waals surface area contributed by atoms with Crippen LogP contribution in [0, 0.1) is 5.82 Å². The number of hydrogen-bond acceptors (Lipinski definition) is 5. The number of rotatable bonds is 8. The number of anilines is 2. The van der Waals surface area contributed by atoms with Gasteiger partial charge in [-0.2, -0.15) is 0 Å². The molecule has 0 radical (unpaired) electrons. The highest BCUT2D eigenvalue weighted by atomic mass is 19.1. The summed E-state index contributed by atoms with van der Waals surface area (Å²) in [6, 6.07) is 19.3. The first-order valence-corrected chi connectivity index (χ1v) is 12.9. The Kier molecular flexibility index (Phi) is 7.88. The molecule has 1 atom stereocenters. The van der Waals surface area contributed by atoms with Crippen LogP contribution >= 0.6 is 0 Å². The summed E-state index contributed by atoms with van der Waals surface area (Å²) in [5.74, 6) is -0.336. The zero-order valence-electron chi connectivity index (χ0n) is 20.6. The van der Waals surface area contributed by atoms with E-state index in [1.165, 1.54) is 18.4 Å². The van der Waals surface area contributed by atoms with Gasteiger partial charge in [-0.05, 0) is 86.8 Å². The third-order valence-corrected chi connectivity index (χ3v) is 7.32. The molecule has 0 unspecified atom stereocenters. The second-order valence-corrected chi connectivity index (χ2v) is 9.73. The van der Waals surface area contributed by atoms with Crippen LogP contribution < -0.4 is 15.5 Å². The molecule has 2 aliphatic rings. The highest BCUT2D eigenvalue weighted by Crippen LogP contribution is 2.27. The summed E-state index contributed by atoms with van der Waals surface area (Å²) >= 11 is 0. The number of hydrogen-bond donors (Lipinski definition) is 2. The minimum Gasteiger partial charge on any atom is -0.371 e. The van der Waals surface area contributed by atoms with Crippen LogP contribution in [-0.2, 0) is 0 Å². The van der Waals surface area contributed by atoms with Crippen LogP contribution in [0.15, 0.2) is 73.1 Å². The Morgan fingerprint density at radius 1 is 1.00 bits per heavy atom. The number of aromatic nitrogens is 1. The van der Waals surface area contributed by atoms with Crippen LogP contribution in [0.4, 0.5) is 15.8 Å². The predicted octanol–water partition coefficient (Wildman–Crippen LogP) is 4.87. The molecular formula is C29H34FN5O. The average Bonchev–Trinajstić information content (AvgIpc) is 3.46. The zero-order chi connectivity index (χ0) is 24.7. The molecule has 7 heteroatoms. The highest BCUT2D eigenvalue weighted by Gasteiger charge is 2.26. The number of nitrogens with zero attached hydrogens (tertiary/aromatic N) is 3. The smallest absolute Gasteiger partial charge is 0.257 e. The lowest BCUT2D eigenvalue weighted by Gasteiger charge is -2.36. The molecule has 2 N–H and O–H groups in total. The number of carbonyl (C=O) groups excluding carboxylic acids is 1. The molecule has 0 aliphatic carbocycles. The van der Waals surface area contributed by atoms with Gasteiger partial charge in [0.1, 0.15) is 5.82 Å². The SMILES string of the molecule is O=C(Nc1cccc(N2CCC(NC[C@@H](c3ccc(F)cc3)N3CCCC3)CC2)c1)c1cccnc1. The number of amides is 1. The van der Waals surface area contributed by atoms with Gasteiger partial charge in [-0.1, -0.05) is 18.2 Å². The van der Waals surface area contributed by atoms with Gasteiger partial charge in [-0.25, -0.2) is 4.39 Å². The van der Waals surface area contributed by atoms with Crippen LogP contribution in [0.5, 0.6) is 0 Å². The topological polar surface area (TPSA) is 60.5 Å². The molecule has 2 saturated heterocycles. The van der Waals surface area contributed by atoms with Crippen molar-refractivity contribution in [2.24, 2.45) is 0 Å². The summed E-state index contributed by atoms with van der Waals surface area (Å²) in [5.41, 5.74) is 3.64. The Balaban J connectivity index is 1.15. The molecule has 3 aromatic rings. The molecule has 5 rings (SSSR count). The van der Waals surface area contributed by atoms with E-state index < -0.39 is 0 Å². The van der Waals surface area contributed by atoms with Crippen LogP contribution in [0.2, 0.25) is 0 Å². The van der Waals surface area contributed by atoms with Crippen molar-refractivity contribution >= 4 is 17.3 Å². The number of carbonyl (C=O) groups is 1. The molecular weight excluding hydrogens is 453 g/mol. The van der Waals surface area contributed by atoms with Gasteiger partial charge in [0.25, 0.3) is 5.91 Å². The molecule has 2 fully saturated rings. The number of benzene rings is 2. The lowest BCUT2D eigenvalue weighted by Crippen LogP contribution is -2.45. The van der Waals surface area contributed by atoms with Crippen molar-refractivity contribution in [3.8, 4) is 0 Å². The quantitative estimate of drug-likeness (QED) is 0.475. The third-order valence-electron chi connectivity index (χ3n) is 7.32. The van der Waals surface area contributed by atoms with Crippen molar-refractivity contribution in [2.45, 2.75) is 37.8 Å². The summed E-state index contributed by atoms with van der Waals surface area (Å²) < 4.78 is 13.5. The highest BCUT2D eigenvalue weighted by molar-refractivity contribution is 6.04. The van der Waals surface area contributed by atoms with Crippen LogP contribution in [0.25, 0.3) is 0 Å². The van der Waals surface area contributed by atoms with Crippen LogP contribution in [-0.4, -0.2) is 54.6 Å². The van der Waals surface area contributed by atoms with Crippen molar-refractivity contribution in [1.82, 2.24) is 15.2 Å². The van der Waals surface area contributed by atoms with Gasteiger partial charge in [0, 0.05) is 55.5 Å². The Labute approximate surface area is 212 Å². The fraction of sp³-hybridized carbons (Fsp3) is 0.379. The van der Waals surface area contributed by atoms with Crippen molar-refractivity contribution < 1.29 is 9.18 Å². The predicted molar refractivity (Wildman–Crippen MR) is 142 cm³/mol. The zero-order valence-corrected chi connectivity index (χ0v) is 20.6. The van der Waals surface area contributed by atoms with Gasteiger partial charge in [0.2, 0.25) is 0 Å². The first kappa shape index (κ1) is 24.4. The first-order chi connectivity index (χ1) is 17.7. The maximum Gasteiger partial charge on any atom is 0.257 e. The number of likely N-dealkylation sites (tertiary alicyclic amines) is 1. The molecule has 1 amide bonds. The molecule has 6 nitrogen and oxygen atoms in total. The van der Waals surface area contributed by atoms with E-state index in [-0.39, 0.29) is 17.8 Å². The normalized spacial score (nSPS) is 17.8. The van der Waals surface area contributed by atoms with E-state index in [1.54, 1.807) is 36.7 Å². The summed E-state index contributed by atoms with van der Waals surface area (Å²) in [4.78, 5) is 21.4. The maximum absolute atomic E-state index is 13.5. The summed E-state index contributed by atoms with van der Waals surface area (Å²) in [6.45, 7) is 5.02. The maximum atomic E-state index is 13.5. The van der Waals surface area contributed by atoms with E-state index in [0.717, 1.165) is 56.9 Å². The summed E-state index contributed by atoms with van der Waals surface area (Å²) in [5, 5.41) is 6.79. The Hall–Kier alpha value is -3.29. The fourth-order valence-corrected chi connectivity index (χ4v) is 5.30. The van der Waals surface area contributed by atoms with E-state index in [4.69, 9.17) is 0 Å². The number of piperidine rings is 1. The third kappa shape index (κ3) is 6.09. The molecule has 1 aromatic heterocycles. The largest absolute Gasteiger partial charge is 0.371 e. The van der Waals surface area contributed by atoms with Crippen molar-refractivity contribution in [3.05, 3.63) is 90.0 Å². The molecule has 0 spiro atoms. The molecule has 36 heavy (non-hydrogen) atoms. The van der Waals surface area contributed by atoms with Gasteiger partial charge in [0.05, 0.1) is 5.56 Å². The second kappa shape index (κ2) is 11.6. The van der Waals surface area contributed by atoms with E-state index >= 15 is 0 Å². The van der Waals surface area contributed by atoms with Crippen molar-refractivity contribution in [3.63, 3.8) is 0 Å². The molecule has 0 saturated carbocycles. The van der Waals surface area contributed by atoms with Gasteiger partial charge >= 0.3 is 0 Å². The van der Waals surface area contributed by atoms with Crippen LogP contribution in [0.1, 0.15) is 47.6 Å². The van der Waals surface area contributed by atoms with E-state index in [1.807, 2.05) is 30.3 Å². The molecule has 2 aliphatic heterocycles. The molecule has 0 bridgehead atoms. The Morgan fingerprint density at radius 3 is 2.50 bits per heavy atom. The van der Waals surface area contributed by atoms with Gasteiger partial charge in [-0.15, -0.1) is 0 Å². The minimum absolute atomic E-state index is 0.156. The number of pyridine rings is 1. The molecule has 3 heterocycles. The van der Waals surface area contributed by atoms with Crippen LogP contribution in [0.3, 0.4) is 0 Å². The molecule has 188 valence electrons. The Morgan fingerprint density at radius 2 is 1.78 bits per heavy atom. The summed E-state index contributed by atoms with van der Waals surface area (Å²) in [7, 11) is 0. The van der Waals surface area contributed by atoms with E-state index in [9.17, 15) is 9.18 Å². The monoisotopic (exact) mass is 487 g/mol. The van der Waals surface area contributed by atoms with Crippen molar-refractivity contribution in [1.29, 1.82) is 0 Å². The fourth-order valence-electron chi connectivity index (χ4n) is 5.30. The Bertz CT molecular complexity index is 1130. The van der Waals surface area contributed by atoms with Gasteiger partial charge in [-0.3, -0.25) is 14.7 Å². The standard InChI is InChI=1S/C29H34FN5O/c30-24-10-8-22(9-11-24)28(35-15-1-2-16-35)21-32-25-12-17-34(18-13-25)27-7-3-6-26(19-27)33-29(36)23-5-4-14-31-20-23/h3-11,14,19-20,25,28,32H,1-2,12-13,15-18,21H2,(H,33,36)/t28-/m0/s1. The summed E-state index contributed by atoms with van der Waals surface area (Å²) in [6.07, 6.45) is 7.81. The lowest BCUT2D eigenvalue weighted by atomic mass is 10.0. The number of nitrogens with one attached hydrogen (secondary N) is 2. The average molecular weight is 488 g/mol. The lowest BCUT2D eigenvalue weighted by molar-refractivity contribution is 0.102. The van der Waals surface area contributed by atoms with Gasteiger partial charge in [0.15, 0.2) is 0 Å². The minimum atomic E-state index is -0.181. The van der Waals surface area contributed by atoms with E-state index in [0.29, 0.717) is 11.6 Å². The first-order valence-electron chi connectivity index (χ1n) is 12.9. The number of halogens is 1.